The second-order valence-electron chi connectivity index (χ2n) is 9.82. The molecule has 0 aromatic heterocycles. The van der Waals surface area contributed by atoms with Gasteiger partial charge in [-0.15, -0.1) is 0 Å². The second kappa shape index (κ2) is 9.90. The average molecular weight is 428 g/mol. The van der Waals surface area contributed by atoms with Crippen LogP contribution in [0.25, 0.3) is 11.1 Å². The van der Waals surface area contributed by atoms with Crippen LogP contribution < -0.4 is 5.73 Å². The number of benzene rings is 2. The van der Waals surface area contributed by atoms with Crippen molar-refractivity contribution in [3.8, 4) is 0 Å². The summed E-state index contributed by atoms with van der Waals surface area (Å²) in [7, 11) is 0. The minimum atomic E-state index is -0.123. The van der Waals surface area contributed by atoms with E-state index in [0.29, 0.717) is 0 Å². The molecule has 1 unspecified atom stereocenters. The zero-order valence-corrected chi connectivity index (χ0v) is 19.5. The predicted molar refractivity (Wildman–Crippen MR) is 135 cm³/mol. The fourth-order valence-corrected chi connectivity index (χ4v) is 6.45. The van der Waals surface area contributed by atoms with E-state index in [0.717, 1.165) is 32.1 Å². The van der Waals surface area contributed by atoms with E-state index in [2.05, 4.69) is 74.2 Å². The second-order valence-corrected chi connectivity index (χ2v) is 9.82. The number of carbonyl (C=O) groups excluding carboxylic acids is 1. The summed E-state index contributed by atoms with van der Waals surface area (Å²) in [4.78, 5) is 12.5. The molecule has 0 bridgehead atoms. The van der Waals surface area contributed by atoms with E-state index in [4.69, 9.17) is 5.73 Å². The number of carbonyl (C=O) groups is 1. The molecule has 0 aliphatic heterocycles. The molecule has 0 saturated heterocycles. The Hall–Kier alpha value is -2.61. The van der Waals surface area contributed by atoms with E-state index in [-0.39, 0.29) is 23.2 Å². The van der Waals surface area contributed by atoms with Gasteiger partial charge >= 0.3 is 0 Å². The highest BCUT2D eigenvalue weighted by atomic mass is 16.1. The first-order valence-corrected chi connectivity index (χ1v) is 12.4. The standard InChI is InChI=1S/C30H37NO/c1-3-4-5-8-17-25-20-27-26(29(31)32)18-19-30(27,28(25)24-15-11-7-12-16-24)21-22(2)23-13-9-6-10-14-23/h6-7,9-16,26-27H,2-5,8,17-21H2,1H3,(H2,31,32)/t26-,27?,30+/m1/s1. The predicted octanol–water partition coefficient (Wildman–Crippen LogP) is 7.42. The van der Waals surface area contributed by atoms with Crippen molar-refractivity contribution >= 4 is 17.1 Å². The maximum atomic E-state index is 12.5. The fourth-order valence-electron chi connectivity index (χ4n) is 6.45. The van der Waals surface area contributed by atoms with Crippen LogP contribution in [-0.4, -0.2) is 5.91 Å². The number of allylic oxidation sites excluding steroid dienone is 3. The molecule has 4 rings (SSSR count). The van der Waals surface area contributed by atoms with E-state index < -0.39 is 0 Å². The van der Waals surface area contributed by atoms with Crippen molar-refractivity contribution in [1.29, 1.82) is 0 Å². The van der Waals surface area contributed by atoms with Crippen LogP contribution in [0.2, 0.25) is 0 Å². The molecule has 2 aliphatic carbocycles. The summed E-state index contributed by atoms with van der Waals surface area (Å²) in [5.74, 6) is 0.129. The number of rotatable bonds is 10. The van der Waals surface area contributed by atoms with Gasteiger partial charge < -0.3 is 5.73 Å². The molecule has 2 N–H and O–H groups in total. The van der Waals surface area contributed by atoms with Gasteiger partial charge in [-0.25, -0.2) is 0 Å². The molecule has 1 amide bonds. The van der Waals surface area contributed by atoms with Crippen molar-refractivity contribution in [2.24, 2.45) is 23.0 Å². The molecule has 0 radical (unpaired) electrons. The Morgan fingerprint density at radius 1 is 1.03 bits per heavy atom. The lowest BCUT2D eigenvalue weighted by Gasteiger charge is -2.36. The quantitative estimate of drug-likeness (QED) is 0.394. The lowest BCUT2D eigenvalue weighted by Crippen LogP contribution is -2.32. The van der Waals surface area contributed by atoms with Crippen LogP contribution in [0.4, 0.5) is 0 Å². The summed E-state index contributed by atoms with van der Waals surface area (Å²) in [5.41, 5.74) is 12.7. The van der Waals surface area contributed by atoms with Gasteiger partial charge in [-0.2, -0.15) is 0 Å². The van der Waals surface area contributed by atoms with Crippen molar-refractivity contribution < 1.29 is 4.79 Å². The third kappa shape index (κ3) is 4.33. The molecule has 1 saturated carbocycles. The smallest absolute Gasteiger partial charge is 0.220 e. The molecule has 1 fully saturated rings. The monoisotopic (exact) mass is 427 g/mol. The first kappa shape index (κ1) is 22.6. The zero-order valence-electron chi connectivity index (χ0n) is 19.5. The van der Waals surface area contributed by atoms with Crippen molar-refractivity contribution in [2.45, 2.75) is 64.7 Å². The molecular weight excluding hydrogens is 390 g/mol. The summed E-state index contributed by atoms with van der Waals surface area (Å²) in [6, 6.07) is 21.4. The molecular formula is C30H37NO. The summed E-state index contributed by atoms with van der Waals surface area (Å²) in [5, 5.41) is 0. The molecule has 2 nitrogen and oxygen atoms in total. The first-order valence-electron chi connectivity index (χ1n) is 12.4. The van der Waals surface area contributed by atoms with Crippen LogP contribution in [0.5, 0.6) is 0 Å². The Labute approximate surface area is 193 Å². The SMILES string of the molecule is C=C(C[C@@]12CC[C@@H](C(N)=O)C1CC(CCCCCC)=C2c1ccccc1)c1ccccc1. The Morgan fingerprint density at radius 3 is 2.38 bits per heavy atom. The number of hydrogen-bond acceptors (Lipinski definition) is 1. The molecule has 2 heteroatoms. The minimum Gasteiger partial charge on any atom is -0.369 e. The van der Waals surface area contributed by atoms with Crippen LogP contribution >= 0.6 is 0 Å². The number of amides is 1. The summed E-state index contributed by atoms with van der Waals surface area (Å²) < 4.78 is 0. The topological polar surface area (TPSA) is 43.1 Å². The van der Waals surface area contributed by atoms with Gasteiger partial charge in [-0.3, -0.25) is 4.79 Å². The Balaban J connectivity index is 1.76. The summed E-state index contributed by atoms with van der Waals surface area (Å²) in [6.45, 7) is 6.77. The van der Waals surface area contributed by atoms with Gasteiger partial charge in [0.15, 0.2) is 0 Å². The number of primary amides is 1. The van der Waals surface area contributed by atoms with Crippen molar-refractivity contribution in [1.82, 2.24) is 0 Å². The lowest BCUT2D eigenvalue weighted by molar-refractivity contribution is -0.123. The third-order valence-corrected chi connectivity index (χ3v) is 7.89. The number of nitrogens with two attached hydrogens (primary N) is 1. The number of hydrogen-bond donors (Lipinski definition) is 1. The molecule has 2 aromatic rings. The largest absolute Gasteiger partial charge is 0.369 e. The molecule has 0 spiro atoms. The van der Waals surface area contributed by atoms with Crippen molar-refractivity contribution in [3.05, 3.63) is 83.9 Å². The lowest BCUT2D eigenvalue weighted by atomic mass is 9.67. The molecule has 32 heavy (non-hydrogen) atoms. The van der Waals surface area contributed by atoms with Gasteiger partial charge in [0.2, 0.25) is 5.91 Å². The highest BCUT2D eigenvalue weighted by Gasteiger charge is 2.56. The van der Waals surface area contributed by atoms with Crippen molar-refractivity contribution in [2.75, 3.05) is 0 Å². The fraction of sp³-hybridized carbons (Fsp3) is 0.433. The van der Waals surface area contributed by atoms with Crippen molar-refractivity contribution in [3.63, 3.8) is 0 Å². The maximum absolute atomic E-state index is 12.5. The third-order valence-electron chi connectivity index (χ3n) is 7.89. The van der Waals surface area contributed by atoms with Crippen LogP contribution in [0.15, 0.2) is 72.8 Å². The van der Waals surface area contributed by atoms with Gasteiger partial charge in [-0.05, 0) is 66.7 Å². The summed E-state index contributed by atoms with van der Waals surface area (Å²) in [6.07, 6.45) is 9.97. The van der Waals surface area contributed by atoms with Crippen LogP contribution in [0, 0.1) is 17.3 Å². The average Bonchev–Trinajstić information content (AvgIpc) is 3.30. The van der Waals surface area contributed by atoms with Gasteiger partial charge in [-0.1, -0.05) is 99.0 Å². The Morgan fingerprint density at radius 2 is 1.72 bits per heavy atom. The highest BCUT2D eigenvalue weighted by Crippen LogP contribution is 2.66. The molecule has 168 valence electrons. The van der Waals surface area contributed by atoms with Gasteiger partial charge in [0, 0.05) is 11.3 Å². The summed E-state index contributed by atoms with van der Waals surface area (Å²) >= 11 is 0. The molecule has 2 aliphatic rings. The first-order chi connectivity index (χ1) is 15.6. The number of unbranched alkanes of at least 4 members (excludes halogenated alkanes) is 3. The van der Waals surface area contributed by atoms with Crippen LogP contribution in [-0.2, 0) is 4.79 Å². The van der Waals surface area contributed by atoms with Gasteiger partial charge in [0.25, 0.3) is 0 Å². The Kier molecular flexibility index (Phi) is 6.98. The van der Waals surface area contributed by atoms with Gasteiger partial charge in [0.1, 0.15) is 0 Å². The van der Waals surface area contributed by atoms with E-state index >= 15 is 0 Å². The van der Waals surface area contributed by atoms with E-state index in [1.807, 2.05) is 0 Å². The van der Waals surface area contributed by atoms with Crippen LogP contribution in [0.3, 0.4) is 0 Å². The molecule has 3 atom stereocenters. The van der Waals surface area contributed by atoms with E-state index in [9.17, 15) is 4.79 Å². The van der Waals surface area contributed by atoms with Crippen LogP contribution in [0.1, 0.15) is 75.8 Å². The van der Waals surface area contributed by atoms with E-state index in [1.165, 1.54) is 48.0 Å². The molecule has 2 aromatic carbocycles. The van der Waals surface area contributed by atoms with Gasteiger partial charge in [0.05, 0.1) is 0 Å². The molecule has 0 heterocycles. The number of fused-ring (bicyclic) bond motifs is 1. The highest BCUT2D eigenvalue weighted by molar-refractivity contribution is 5.84. The van der Waals surface area contributed by atoms with E-state index in [1.54, 1.807) is 5.57 Å². The minimum absolute atomic E-state index is 0.0366. The normalized spacial score (nSPS) is 24.5. The zero-order chi connectivity index (χ0) is 22.6. The Bertz CT molecular complexity index is 974. The maximum Gasteiger partial charge on any atom is 0.220 e.